The fraction of sp³-hybridized carbons (Fsp3) is 0.167. The lowest BCUT2D eigenvalue weighted by Gasteiger charge is -2.03. The molecule has 0 saturated heterocycles. The van der Waals surface area contributed by atoms with E-state index < -0.39 is 11.6 Å². The Hall–Kier alpha value is -2.44. The highest BCUT2D eigenvalue weighted by molar-refractivity contribution is 5.84. The first-order valence-electron chi connectivity index (χ1n) is 5.73. The second-order valence-corrected chi connectivity index (χ2v) is 4.27. The Bertz CT molecular complexity index is 677. The van der Waals surface area contributed by atoms with Gasteiger partial charge in [-0.2, -0.15) is 9.78 Å². The van der Waals surface area contributed by atoms with E-state index in [2.05, 4.69) is 10.4 Å². The number of halogens is 2. The summed E-state index contributed by atoms with van der Waals surface area (Å²) >= 11 is 0. The maximum atomic E-state index is 13.8. The largest absolute Gasteiger partial charge is 0.369 e. The van der Waals surface area contributed by atoms with Crippen LogP contribution < -0.4 is 11.1 Å². The summed E-state index contributed by atoms with van der Waals surface area (Å²) in [5.74, 6) is -0.962. The van der Waals surface area contributed by atoms with Gasteiger partial charge in [-0.1, -0.05) is 0 Å². The zero-order valence-electron chi connectivity index (χ0n) is 9.87. The molecule has 4 N–H and O–H groups in total. The fourth-order valence-corrected chi connectivity index (χ4v) is 2.25. The van der Waals surface area contributed by atoms with Gasteiger partial charge in [-0.05, 0) is 18.6 Å². The number of benzene rings is 1. The quantitative estimate of drug-likeness (QED) is 0.539. The number of nitrogens with zero attached hydrogens (tertiary/aromatic N) is 2. The van der Waals surface area contributed by atoms with Gasteiger partial charge in [0.1, 0.15) is 23.1 Å². The molecular formula is C12H11F2N5. The molecule has 0 spiro atoms. The van der Waals surface area contributed by atoms with Crippen molar-refractivity contribution < 1.29 is 8.78 Å². The number of hydrogen-bond acceptors (Lipinski definition) is 3. The van der Waals surface area contributed by atoms with Gasteiger partial charge in [0.05, 0.1) is 0 Å². The second kappa shape index (κ2) is 4.04. The predicted molar refractivity (Wildman–Crippen MR) is 67.1 cm³/mol. The van der Waals surface area contributed by atoms with Crippen molar-refractivity contribution in [3.8, 4) is 11.3 Å². The van der Waals surface area contributed by atoms with Crippen LogP contribution in [-0.2, 0) is 6.42 Å². The van der Waals surface area contributed by atoms with Crippen molar-refractivity contribution in [2.45, 2.75) is 6.42 Å². The van der Waals surface area contributed by atoms with Crippen molar-refractivity contribution in [2.75, 3.05) is 11.9 Å². The maximum Gasteiger partial charge on any atom is 0.215 e. The van der Waals surface area contributed by atoms with Gasteiger partial charge in [-0.25, -0.2) is 8.78 Å². The van der Waals surface area contributed by atoms with E-state index in [9.17, 15) is 8.78 Å². The van der Waals surface area contributed by atoms with E-state index >= 15 is 0 Å². The Morgan fingerprint density at radius 1 is 1.42 bits per heavy atom. The molecule has 2 aromatic rings. The molecule has 98 valence electrons. The normalized spacial score (nSPS) is 13.2. The highest BCUT2D eigenvalue weighted by atomic mass is 19.1. The Labute approximate surface area is 107 Å². The van der Waals surface area contributed by atoms with Crippen molar-refractivity contribution >= 4 is 11.8 Å². The lowest BCUT2D eigenvalue weighted by Crippen LogP contribution is -2.23. The van der Waals surface area contributed by atoms with Crippen LogP contribution in [0.2, 0.25) is 0 Å². The minimum Gasteiger partial charge on any atom is -0.369 e. The molecule has 0 aliphatic carbocycles. The van der Waals surface area contributed by atoms with Gasteiger partial charge in [-0.15, -0.1) is 0 Å². The summed E-state index contributed by atoms with van der Waals surface area (Å²) in [7, 11) is 0. The highest BCUT2D eigenvalue weighted by Crippen LogP contribution is 2.33. The van der Waals surface area contributed by atoms with Gasteiger partial charge in [0, 0.05) is 23.7 Å². The molecule has 5 nitrogen and oxygen atoms in total. The van der Waals surface area contributed by atoms with Gasteiger partial charge in [0.15, 0.2) is 0 Å². The molecule has 1 aromatic heterocycles. The minimum absolute atomic E-state index is 0.210. The van der Waals surface area contributed by atoms with E-state index in [4.69, 9.17) is 11.1 Å². The van der Waals surface area contributed by atoms with Gasteiger partial charge >= 0.3 is 0 Å². The average molecular weight is 263 g/mol. The third kappa shape index (κ3) is 1.74. The zero-order chi connectivity index (χ0) is 13.6. The van der Waals surface area contributed by atoms with E-state index in [1.54, 1.807) is 0 Å². The summed E-state index contributed by atoms with van der Waals surface area (Å²) < 4.78 is 28.0. The lowest BCUT2D eigenvalue weighted by atomic mass is 10.1. The van der Waals surface area contributed by atoms with E-state index in [1.165, 1.54) is 16.8 Å². The second-order valence-electron chi connectivity index (χ2n) is 4.27. The van der Waals surface area contributed by atoms with Crippen LogP contribution >= 0.6 is 0 Å². The number of nitrogen functional groups attached to an aromatic ring is 1. The molecule has 1 aliphatic rings. The smallest absolute Gasteiger partial charge is 0.215 e. The topological polar surface area (TPSA) is 79.7 Å². The molecule has 2 heterocycles. The molecule has 7 heteroatoms. The Morgan fingerprint density at radius 3 is 2.89 bits per heavy atom. The molecule has 0 amide bonds. The van der Waals surface area contributed by atoms with Gasteiger partial charge < -0.3 is 11.1 Å². The van der Waals surface area contributed by atoms with E-state index in [1.807, 2.05) is 0 Å². The lowest BCUT2D eigenvalue weighted by molar-refractivity contribution is 0.585. The SMILES string of the molecule is N=C(N)n1nc(-c2ccc(F)cc2F)c2c1NCC2. The fourth-order valence-electron chi connectivity index (χ4n) is 2.25. The molecule has 3 rings (SSSR count). The van der Waals surface area contributed by atoms with Gasteiger partial charge in [-0.3, -0.25) is 5.41 Å². The predicted octanol–water partition coefficient (Wildman–Crippen LogP) is 1.54. The van der Waals surface area contributed by atoms with Crippen LogP contribution in [0.4, 0.5) is 14.6 Å². The summed E-state index contributed by atoms with van der Waals surface area (Å²) in [6.45, 7) is 0.677. The third-order valence-electron chi connectivity index (χ3n) is 3.07. The number of aromatic nitrogens is 2. The van der Waals surface area contributed by atoms with Crippen LogP contribution in [-0.4, -0.2) is 22.3 Å². The van der Waals surface area contributed by atoms with Crippen molar-refractivity contribution in [1.82, 2.24) is 9.78 Å². The van der Waals surface area contributed by atoms with E-state index in [-0.39, 0.29) is 11.5 Å². The molecular weight excluding hydrogens is 252 g/mol. The molecule has 19 heavy (non-hydrogen) atoms. The van der Waals surface area contributed by atoms with Crippen LogP contribution in [0.3, 0.4) is 0 Å². The van der Waals surface area contributed by atoms with Crippen LogP contribution in [0.15, 0.2) is 18.2 Å². The minimum atomic E-state index is -0.678. The first-order valence-corrected chi connectivity index (χ1v) is 5.73. The molecule has 0 bridgehead atoms. The van der Waals surface area contributed by atoms with E-state index in [0.29, 0.717) is 24.5 Å². The Kier molecular flexibility index (Phi) is 2.48. The first-order chi connectivity index (χ1) is 9.08. The molecule has 0 radical (unpaired) electrons. The third-order valence-corrected chi connectivity index (χ3v) is 3.07. The number of fused-ring (bicyclic) bond motifs is 1. The summed E-state index contributed by atoms with van der Waals surface area (Å²) in [5, 5.41) is 14.6. The van der Waals surface area contributed by atoms with Crippen molar-refractivity contribution in [1.29, 1.82) is 5.41 Å². The number of rotatable bonds is 1. The van der Waals surface area contributed by atoms with Crippen molar-refractivity contribution in [2.24, 2.45) is 5.73 Å². The molecule has 0 saturated carbocycles. The number of hydrogen-bond donors (Lipinski definition) is 3. The van der Waals surface area contributed by atoms with E-state index in [0.717, 1.165) is 11.6 Å². The monoisotopic (exact) mass is 263 g/mol. The van der Waals surface area contributed by atoms with Crippen molar-refractivity contribution in [3.63, 3.8) is 0 Å². The molecule has 1 aliphatic heterocycles. The van der Waals surface area contributed by atoms with Crippen LogP contribution in [0.5, 0.6) is 0 Å². The van der Waals surface area contributed by atoms with Crippen LogP contribution in [0, 0.1) is 17.0 Å². The molecule has 1 aromatic carbocycles. The highest BCUT2D eigenvalue weighted by Gasteiger charge is 2.25. The number of nitrogens with two attached hydrogens (primary N) is 1. The summed E-state index contributed by atoms with van der Waals surface area (Å²) in [6.07, 6.45) is 0.661. The average Bonchev–Trinajstić information content (AvgIpc) is 2.90. The Balaban J connectivity index is 2.21. The molecule has 0 atom stereocenters. The summed E-state index contributed by atoms with van der Waals surface area (Å²) in [6, 6.07) is 3.34. The molecule has 0 fully saturated rings. The zero-order valence-corrected chi connectivity index (χ0v) is 9.87. The summed E-state index contributed by atoms with van der Waals surface area (Å²) in [4.78, 5) is 0. The van der Waals surface area contributed by atoms with Gasteiger partial charge in [0.25, 0.3) is 0 Å². The summed E-state index contributed by atoms with van der Waals surface area (Å²) in [5.41, 5.74) is 6.83. The van der Waals surface area contributed by atoms with Crippen molar-refractivity contribution in [3.05, 3.63) is 35.4 Å². The number of nitrogens with one attached hydrogen (secondary N) is 2. The maximum absolute atomic E-state index is 13.8. The Morgan fingerprint density at radius 2 is 2.21 bits per heavy atom. The molecule has 0 unspecified atom stereocenters. The van der Waals surface area contributed by atoms with Gasteiger partial charge in [0.2, 0.25) is 5.96 Å². The first kappa shape index (κ1) is 11.6. The van der Waals surface area contributed by atoms with Crippen LogP contribution in [0.1, 0.15) is 5.56 Å². The van der Waals surface area contributed by atoms with Crippen LogP contribution in [0.25, 0.3) is 11.3 Å². The standard InChI is InChI=1S/C12H11F2N5/c13-6-1-2-7(9(14)5-6)10-8-3-4-17-11(8)19(18-10)12(15)16/h1-2,5,17H,3-4H2,(H3,15,16). The number of anilines is 1.